The van der Waals surface area contributed by atoms with E-state index in [0.717, 1.165) is 5.56 Å². The van der Waals surface area contributed by atoms with Gasteiger partial charge in [0.05, 0.1) is 5.39 Å². The highest BCUT2D eigenvalue weighted by Crippen LogP contribution is 2.33. The molecule has 6 aromatic carbocycles. The number of hydrogen-bond acceptors (Lipinski definition) is 0. The van der Waals surface area contributed by atoms with E-state index in [0.29, 0.717) is 5.39 Å². The number of rotatable bonds is 6. The predicted octanol–water partition coefficient (Wildman–Crippen LogP) is 10.0. The first-order valence-corrected chi connectivity index (χ1v) is 17.5. The third-order valence-corrected chi connectivity index (χ3v) is 10.1. The summed E-state index contributed by atoms with van der Waals surface area (Å²) in [6.07, 6.45) is -10.1. The van der Waals surface area contributed by atoms with Crippen LogP contribution < -0.4 is 26.4 Å². The fourth-order valence-corrected chi connectivity index (χ4v) is 7.36. The smallest absolute Gasteiger partial charge is 0.207 e. The molecule has 0 aliphatic carbocycles. The van der Waals surface area contributed by atoms with Crippen LogP contribution in [0, 0.1) is 116 Å². The second kappa shape index (κ2) is 17.5. The van der Waals surface area contributed by atoms with E-state index in [1.54, 1.807) is 24.3 Å². The Labute approximate surface area is 351 Å². The van der Waals surface area contributed by atoms with Crippen molar-refractivity contribution in [2.45, 2.75) is 12.7 Å². The van der Waals surface area contributed by atoms with Gasteiger partial charge in [0.15, 0.2) is 82.5 Å². The van der Waals surface area contributed by atoms with Gasteiger partial charge < -0.3 is 0 Å². The monoisotopic (exact) mass is 967 g/mol. The van der Waals surface area contributed by atoms with E-state index in [4.69, 9.17) is 0 Å². The Morgan fingerprint density at radius 1 is 0.333 bits per heavy atom. The van der Waals surface area contributed by atoms with Crippen LogP contribution in [0.15, 0.2) is 66.9 Å². The highest BCUT2D eigenvalue weighted by molar-refractivity contribution is 7.20. The van der Waals surface area contributed by atoms with E-state index < -0.39 is 156 Å². The number of hydrogen-bond donors (Lipinski definition) is 0. The van der Waals surface area contributed by atoms with Gasteiger partial charge >= 0.3 is 6.18 Å². The summed E-state index contributed by atoms with van der Waals surface area (Å²) in [5.41, 5.74) is -14.1. The van der Waals surface area contributed by atoms with Crippen LogP contribution in [0.3, 0.4) is 0 Å². The molecule has 0 N–H and O–H groups in total. The molecule has 7 rings (SSSR count). The second-order valence-electron chi connectivity index (χ2n) is 13.7. The van der Waals surface area contributed by atoms with Crippen LogP contribution in [0.2, 0.25) is 0 Å². The first kappa shape index (κ1) is 48.6. The van der Waals surface area contributed by atoms with Gasteiger partial charge in [0, 0.05) is 11.6 Å². The van der Waals surface area contributed by atoms with Crippen LogP contribution >= 0.6 is 0 Å². The molecule has 7 aromatic rings. The van der Waals surface area contributed by atoms with Crippen molar-refractivity contribution in [1.29, 1.82) is 0 Å². The molecular formula is C41H13BF23N. The zero-order chi connectivity index (χ0) is 49.2. The average molecular weight is 967 g/mol. The molecule has 25 heteroatoms. The molecule has 0 amide bonds. The molecule has 0 radical (unpaired) electrons. The second-order valence-corrected chi connectivity index (χ2v) is 13.7. The lowest BCUT2D eigenvalue weighted by Gasteiger charge is -2.44. The van der Waals surface area contributed by atoms with Gasteiger partial charge in [-0.15, -0.1) is 21.9 Å². The van der Waals surface area contributed by atoms with Crippen molar-refractivity contribution in [3.63, 3.8) is 0 Å². The summed E-state index contributed by atoms with van der Waals surface area (Å²) in [6.45, 7) is 0.195. The van der Waals surface area contributed by atoms with Gasteiger partial charge in [-0.3, -0.25) is 0 Å². The summed E-state index contributed by atoms with van der Waals surface area (Å²) >= 11 is 0. The number of benzene rings is 6. The van der Waals surface area contributed by atoms with Crippen LogP contribution in [0.25, 0.3) is 10.8 Å². The average Bonchev–Trinajstić information content (AvgIpc) is 3.29. The molecule has 66 heavy (non-hydrogen) atoms. The molecule has 0 fully saturated rings. The molecule has 0 saturated heterocycles. The fraction of sp³-hybridized carbons (Fsp3) is 0.0488. The van der Waals surface area contributed by atoms with Crippen molar-refractivity contribution < 1.29 is 106 Å². The predicted molar refractivity (Wildman–Crippen MR) is 184 cm³/mol. The highest BCUT2D eigenvalue weighted by Gasteiger charge is 2.52. The Morgan fingerprint density at radius 2 is 0.606 bits per heavy atom. The molecule has 1 heterocycles. The number of halogens is 23. The van der Waals surface area contributed by atoms with Crippen molar-refractivity contribution in [2.75, 3.05) is 0 Å². The van der Waals surface area contributed by atoms with E-state index >= 15 is 35.1 Å². The molecule has 0 spiro atoms. The summed E-state index contributed by atoms with van der Waals surface area (Å²) < 4.78 is 336. The third-order valence-electron chi connectivity index (χ3n) is 10.1. The molecule has 1 nitrogen and oxygen atoms in total. The lowest BCUT2D eigenvalue weighted by Crippen LogP contribution is -2.81. The van der Waals surface area contributed by atoms with Gasteiger partial charge in [-0.05, 0) is 11.5 Å². The van der Waals surface area contributed by atoms with Gasteiger partial charge in [-0.1, -0.05) is 48.5 Å². The number of pyridine rings is 1. The van der Waals surface area contributed by atoms with E-state index in [1.165, 1.54) is 16.8 Å². The molecule has 346 valence electrons. The molecule has 1 aromatic heterocycles. The van der Waals surface area contributed by atoms with E-state index in [-0.39, 0.29) is 11.9 Å². The van der Waals surface area contributed by atoms with E-state index in [2.05, 4.69) is 0 Å². The van der Waals surface area contributed by atoms with Crippen LogP contribution in [0.4, 0.5) is 101 Å². The van der Waals surface area contributed by atoms with Crippen molar-refractivity contribution in [3.05, 3.63) is 194 Å². The largest absolute Gasteiger partial charge is 0.478 e. The Balaban J connectivity index is 0.000000284. The normalized spacial score (nSPS) is 11.9. The summed E-state index contributed by atoms with van der Waals surface area (Å²) in [7, 11) is 0. The minimum Gasteiger partial charge on any atom is -0.207 e. The van der Waals surface area contributed by atoms with Gasteiger partial charge in [0.2, 0.25) is 0 Å². The van der Waals surface area contributed by atoms with Crippen molar-refractivity contribution in [2.24, 2.45) is 0 Å². The van der Waals surface area contributed by atoms with Crippen LogP contribution in [-0.4, -0.2) is 6.15 Å². The SMILES string of the molecule is FC(F)(F)c1c2ccccc2cc[n+]1Cc1ccccc1.Fc1c(F)c(F)c([B-](c2c(F)c(F)c(F)c(F)c2F)(c2c(F)c(F)c(F)c(F)c2F)c2c(F)c(F)c(F)c(F)c2F)c(F)c1F. The van der Waals surface area contributed by atoms with Crippen LogP contribution in [0.5, 0.6) is 0 Å². The van der Waals surface area contributed by atoms with Gasteiger partial charge in [0.25, 0.3) is 5.69 Å². The molecule has 0 atom stereocenters. The van der Waals surface area contributed by atoms with Crippen LogP contribution in [-0.2, 0) is 12.7 Å². The molecule has 0 aliphatic rings. The Bertz CT molecular complexity index is 2720. The van der Waals surface area contributed by atoms with E-state index in [1.807, 2.05) is 30.3 Å². The molecule has 0 aliphatic heterocycles. The van der Waals surface area contributed by atoms with Gasteiger partial charge in [0.1, 0.15) is 52.7 Å². The van der Waals surface area contributed by atoms with Crippen molar-refractivity contribution >= 4 is 38.8 Å². The zero-order valence-electron chi connectivity index (χ0n) is 31.3. The Kier molecular flexibility index (Phi) is 12.9. The summed E-state index contributed by atoms with van der Waals surface area (Å²) in [5, 5.41) is 0.817. The quantitative estimate of drug-likeness (QED) is 0.0514. The lowest BCUT2D eigenvalue weighted by atomic mass is 9.12. The summed E-state index contributed by atoms with van der Waals surface area (Å²) in [4.78, 5) is 0. The molecule has 0 bridgehead atoms. The lowest BCUT2D eigenvalue weighted by molar-refractivity contribution is -0.705. The molecule has 0 saturated carbocycles. The number of nitrogens with zero attached hydrogens (tertiary/aromatic N) is 1. The van der Waals surface area contributed by atoms with Crippen molar-refractivity contribution in [3.8, 4) is 0 Å². The first-order chi connectivity index (χ1) is 30.8. The maximum Gasteiger partial charge on any atom is 0.478 e. The number of aromatic nitrogens is 1. The maximum atomic E-state index is 15.4. The van der Waals surface area contributed by atoms with Gasteiger partial charge in [-0.2, -0.15) is 17.7 Å². The van der Waals surface area contributed by atoms with Crippen molar-refractivity contribution in [1.82, 2.24) is 0 Å². The third kappa shape index (κ3) is 7.50. The maximum absolute atomic E-state index is 15.4. The minimum atomic E-state index is -7.22. The Hall–Kier alpha value is -6.82. The standard InChI is InChI=1S/C24BF20.C17H13F3N/c26-5-1(6(27)14(35)21(42)13(5)34)25(2-7(28)15(36)22(43)16(37)8(2)29,3-9(30)17(38)23(44)18(39)10(3)31)4-11(32)19(40)24(45)20(41)12(4)33;18-17(19,20)16-15-9-5-4-8-14(15)10-11-21(16)12-13-6-2-1-3-7-13/h;1-11H,12H2/q-1;+1. The Morgan fingerprint density at radius 3 is 0.909 bits per heavy atom. The first-order valence-electron chi connectivity index (χ1n) is 17.5. The minimum absolute atomic E-state index is 0.195. The van der Waals surface area contributed by atoms with E-state index in [9.17, 15) is 65.9 Å². The fourth-order valence-electron chi connectivity index (χ4n) is 7.36. The zero-order valence-corrected chi connectivity index (χ0v) is 31.3. The van der Waals surface area contributed by atoms with Gasteiger partial charge in [-0.25, -0.2) is 87.8 Å². The number of alkyl halides is 3. The molecular weight excluding hydrogens is 954 g/mol. The summed E-state index contributed by atoms with van der Waals surface area (Å²) in [5.74, 6) is -71.4. The topological polar surface area (TPSA) is 3.88 Å². The van der Waals surface area contributed by atoms with Crippen LogP contribution in [0.1, 0.15) is 11.3 Å². The number of fused-ring (bicyclic) bond motifs is 1. The summed E-state index contributed by atoms with van der Waals surface area (Å²) in [6, 6.07) is 17.4. The molecule has 0 unspecified atom stereocenters. The highest BCUT2D eigenvalue weighted by atomic mass is 19.4.